The lowest BCUT2D eigenvalue weighted by atomic mass is 9.67. The maximum absolute atomic E-state index is 9.88. The van der Waals surface area contributed by atoms with Gasteiger partial charge in [0.25, 0.3) is 0 Å². The molecule has 0 aliphatic heterocycles. The van der Waals surface area contributed by atoms with Crippen molar-refractivity contribution in [2.45, 2.75) is 96.8 Å². The Hall–Kier alpha value is -2.27. The van der Waals surface area contributed by atoms with E-state index in [2.05, 4.69) is 68.4 Å². The number of benzene rings is 2. The molecule has 2 heteroatoms. The first-order valence-electron chi connectivity index (χ1n) is 12.9. The third-order valence-corrected chi connectivity index (χ3v) is 7.28. The van der Waals surface area contributed by atoms with E-state index in [1.807, 2.05) is 0 Å². The Morgan fingerprint density at radius 3 is 2.00 bits per heavy atom. The molecule has 0 bridgehead atoms. The molecule has 1 aliphatic rings. The van der Waals surface area contributed by atoms with Gasteiger partial charge in [-0.1, -0.05) is 88.8 Å². The molecule has 0 radical (unpaired) electrons. The predicted octanol–water partition coefficient (Wildman–Crippen LogP) is 9.06. The van der Waals surface area contributed by atoms with Crippen molar-refractivity contribution >= 4 is 0 Å². The van der Waals surface area contributed by atoms with E-state index in [1.165, 1.54) is 48.8 Å². The summed E-state index contributed by atoms with van der Waals surface area (Å²) in [6, 6.07) is 20.3. The summed E-state index contributed by atoms with van der Waals surface area (Å²) >= 11 is 0. The zero-order valence-corrected chi connectivity index (χ0v) is 20.2. The summed E-state index contributed by atoms with van der Waals surface area (Å²) in [7, 11) is 0. The van der Waals surface area contributed by atoms with Crippen LogP contribution in [0.3, 0.4) is 0 Å². The Morgan fingerprint density at radius 1 is 0.812 bits per heavy atom. The molecule has 1 fully saturated rings. The topological polar surface area (TPSA) is 33.0 Å². The molecule has 2 aromatic carbocycles. The van der Waals surface area contributed by atoms with Crippen LogP contribution in [0.4, 0.5) is 0 Å². The first-order valence-corrected chi connectivity index (χ1v) is 12.9. The van der Waals surface area contributed by atoms with Crippen molar-refractivity contribution in [3.63, 3.8) is 0 Å². The molecule has 3 rings (SSSR count). The second-order valence-electron chi connectivity index (χ2n) is 9.68. The lowest BCUT2D eigenvalue weighted by Crippen LogP contribution is -2.25. The van der Waals surface area contributed by atoms with Gasteiger partial charge in [0.05, 0.1) is 18.1 Å². The molecular formula is C30H41NO. The second kappa shape index (κ2) is 12.7. The molecule has 0 heterocycles. The van der Waals surface area contributed by atoms with Crippen LogP contribution in [0.2, 0.25) is 0 Å². The molecule has 0 atom stereocenters. The largest absolute Gasteiger partial charge is 0.494 e. The van der Waals surface area contributed by atoms with Crippen LogP contribution in [0.1, 0.15) is 102 Å². The minimum atomic E-state index is -0.0659. The van der Waals surface area contributed by atoms with E-state index in [0.29, 0.717) is 5.92 Å². The molecular weight excluding hydrogens is 390 g/mol. The van der Waals surface area contributed by atoms with Gasteiger partial charge in [-0.15, -0.1) is 0 Å². The van der Waals surface area contributed by atoms with Crippen LogP contribution < -0.4 is 4.74 Å². The molecule has 1 saturated carbocycles. The van der Waals surface area contributed by atoms with E-state index >= 15 is 0 Å². The first-order chi connectivity index (χ1) is 15.7. The van der Waals surface area contributed by atoms with Crippen LogP contribution in [0.25, 0.3) is 11.1 Å². The number of nitriles is 1. The van der Waals surface area contributed by atoms with Gasteiger partial charge in [0.2, 0.25) is 0 Å². The Bertz CT molecular complexity index is 823. The molecule has 0 aromatic heterocycles. The zero-order valence-electron chi connectivity index (χ0n) is 20.2. The molecule has 0 spiro atoms. The number of rotatable bonds is 12. The first kappa shape index (κ1) is 24.4. The third kappa shape index (κ3) is 6.86. The Kier molecular flexibility index (Phi) is 9.66. The molecule has 172 valence electrons. The number of unbranched alkanes of at least 4 members (excludes halogenated alkanes) is 5. The molecule has 0 amide bonds. The summed E-state index contributed by atoms with van der Waals surface area (Å²) < 4.78 is 5.78. The van der Waals surface area contributed by atoms with Gasteiger partial charge >= 0.3 is 0 Å². The highest BCUT2D eigenvalue weighted by molar-refractivity contribution is 5.64. The second-order valence-corrected chi connectivity index (χ2v) is 9.68. The van der Waals surface area contributed by atoms with E-state index in [0.717, 1.165) is 57.3 Å². The van der Waals surface area contributed by atoms with Gasteiger partial charge in [0.15, 0.2) is 0 Å². The maximum Gasteiger partial charge on any atom is 0.119 e. The van der Waals surface area contributed by atoms with E-state index in [-0.39, 0.29) is 5.41 Å². The summed E-state index contributed by atoms with van der Waals surface area (Å²) in [6.07, 6.45) is 14.2. The summed E-state index contributed by atoms with van der Waals surface area (Å²) in [4.78, 5) is 0. The SMILES string of the molecule is CCCCCCCC1(C#N)CCC(c2ccc(-c3ccc(OCCCC)cc3)cc2)CC1. The third-order valence-electron chi connectivity index (χ3n) is 7.28. The average Bonchev–Trinajstić information content (AvgIpc) is 2.85. The monoisotopic (exact) mass is 431 g/mol. The molecule has 2 aromatic rings. The van der Waals surface area contributed by atoms with Crippen LogP contribution in [0.5, 0.6) is 5.75 Å². The highest BCUT2D eigenvalue weighted by atomic mass is 16.5. The van der Waals surface area contributed by atoms with Crippen molar-refractivity contribution in [2.24, 2.45) is 5.41 Å². The lowest BCUT2D eigenvalue weighted by Gasteiger charge is -2.35. The fraction of sp³-hybridized carbons (Fsp3) is 0.567. The highest BCUT2D eigenvalue weighted by Gasteiger charge is 2.35. The Labute approximate surface area is 196 Å². The number of ether oxygens (including phenoxy) is 1. The summed E-state index contributed by atoms with van der Waals surface area (Å²) in [6.45, 7) is 5.22. The van der Waals surface area contributed by atoms with Gasteiger partial charge in [-0.2, -0.15) is 5.26 Å². The maximum atomic E-state index is 9.88. The summed E-state index contributed by atoms with van der Waals surface area (Å²) in [5.41, 5.74) is 3.85. The molecule has 1 aliphatic carbocycles. The van der Waals surface area contributed by atoms with Crippen LogP contribution >= 0.6 is 0 Å². The summed E-state index contributed by atoms with van der Waals surface area (Å²) in [5, 5.41) is 9.88. The van der Waals surface area contributed by atoms with Crippen molar-refractivity contribution in [1.29, 1.82) is 5.26 Å². The molecule has 0 saturated heterocycles. The van der Waals surface area contributed by atoms with Crippen molar-refractivity contribution in [2.75, 3.05) is 6.61 Å². The smallest absolute Gasteiger partial charge is 0.119 e. The lowest BCUT2D eigenvalue weighted by molar-refractivity contribution is 0.223. The Balaban J connectivity index is 1.52. The quantitative estimate of drug-likeness (QED) is 0.314. The van der Waals surface area contributed by atoms with E-state index in [4.69, 9.17) is 4.74 Å². The fourth-order valence-corrected chi connectivity index (χ4v) is 5.01. The van der Waals surface area contributed by atoms with E-state index < -0.39 is 0 Å². The van der Waals surface area contributed by atoms with Crippen molar-refractivity contribution in [1.82, 2.24) is 0 Å². The van der Waals surface area contributed by atoms with Crippen molar-refractivity contribution in [3.8, 4) is 22.9 Å². The number of hydrogen-bond donors (Lipinski definition) is 0. The Morgan fingerprint density at radius 2 is 1.41 bits per heavy atom. The van der Waals surface area contributed by atoms with Gasteiger partial charge in [-0.05, 0) is 73.3 Å². The van der Waals surface area contributed by atoms with Crippen LogP contribution in [0.15, 0.2) is 48.5 Å². The van der Waals surface area contributed by atoms with Crippen molar-refractivity contribution < 1.29 is 4.74 Å². The molecule has 0 N–H and O–H groups in total. The predicted molar refractivity (Wildman–Crippen MR) is 135 cm³/mol. The van der Waals surface area contributed by atoms with E-state index in [1.54, 1.807) is 0 Å². The average molecular weight is 432 g/mol. The highest BCUT2D eigenvalue weighted by Crippen LogP contribution is 2.45. The van der Waals surface area contributed by atoms with Gasteiger partial charge in [0.1, 0.15) is 5.75 Å². The zero-order chi connectivity index (χ0) is 22.7. The van der Waals surface area contributed by atoms with Crippen LogP contribution in [0, 0.1) is 16.7 Å². The van der Waals surface area contributed by atoms with Gasteiger partial charge < -0.3 is 4.74 Å². The van der Waals surface area contributed by atoms with Gasteiger partial charge in [-0.3, -0.25) is 0 Å². The standard InChI is InChI=1S/C30H41NO/c1-3-5-7-8-9-20-30(24-31)21-18-28(19-22-30)26-12-10-25(11-13-26)27-14-16-29(17-15-27)32-23-6-4-2/h10-17,28H,3-9,18-23H2,1-2H3. The van der Waals surface area contributed by atoms with E-state index in [9.17, 15) is 5.26 Å². The fourth-order valence-electron chi connectivity index (χ4n) is 5.01. The summed E-state index contributed by atoms with van der Waals surface area (Å²) in [5.74, 6) is 1.55. The van der Waals surface area contributed by atoms with Gasteiger partial charge in [-0.25, -0.2) is 0 Å². The van der Waals surface area contributed by atoms with Crippen molar-refractivity contribution in [3.05, 3.63) is 54.1 Å². The minimum absolute atomic E-state index is 0.0659. The normalized spacial score (nSPS) is 20.6. The molecule has 0 unspecified atom stereocenters. The molecule has 2 nitrogen and oxygen atoms in total. The molecule has 32 heavy (non-hydrogen) atoms. The van der Waals surface area contributed by atoms with Crippen LogP contribution in [-0.4, -0.2) is 6.61 Å². The number of hydrogen-bond acceptors (Lipinski definition) is 2. The number of nitrogens with zero attached hydrogens (tertiary/aromatic N) is 1. The minimum Gasteiger partial charge on any atom is -0.494 e. The van der Waals surface area contributed by atoms with Gasteiger partial charge in [0, 0.05) is 0 Å². The van der Waals surface area contributed by atoms with Crippen LogP contribution in [-0.2, 0) is 0 Å².